The number of fused-ring (bicyclic) bond motifs is 3. The minimum absolute atomic E-state index is 0.512. The molecule has 0 unspecified atom stereocenters. The standard InChI is InChI=1S/C16H13Cl2N5O2/c1-24-13-6-11-12(7-14(13)25-2)23-16(20-11)21-15(22-23)19-10-4-8(17)3-9(18)5-10/h3-7H,1-2H3,(H2,19,20,21,22). The third-order valence-electron chi connectivity index (χ3n) is 3.70. The molecule has 0 aliphatic carbocycles. The van der Waals surface area contributed by atoms with E-state index >= 15 is 0 Å². The monoisotopic (exact) mass is 377 g/mol. The van der Waals surface area contributed by atoms with E-state index < -0.39 is 0 Å². The molecule has 7 nitrogen and oxygen atoms in total. The Morgan fingerprint density at radius 3 is 2.32 bits per heavy atom. The number of anilines is 2. The number of ether oxygens (including phenoxy) is 2. The molecule has 0 saturated carbocycles. The van der Waals surface area contributed by atoms with E-state index in [-0.39, 0.29) is 0 Å². The fraction of sp³-hybridized carbons (Fsp3) is 0.125. The van der Waals surface area contributed by atoms with Crippen molar-refractivity contribution in [1.82, 2.24) is 19.6 Å². The highest BCUT2D eigenvalue weighted by molar-refractivity contribution is 6.35. The fourth-order valence-corrected chi connectivity index (χ4v) is 3.15. The lowest BCUT2D eigenvalue weighted by Crippen LogP contribution is -1.94. The van der Waals surface area contributed by atoms with E-state index in [2.05, 4.69) is 20.4 Å². The van der Waals surface area contributed by atoms with Crippen LogP contribution in [0.4, 0.5) is 11.6 Å². The van der Waals surface area contributed by atoms with Crippen molar-refractivity contribution in [3.05, 3.63) is 40.4 Å². The molecule has 9 heteroatoms. The number of nitrogens with one attached hydrogen (secondary N) is 2. The van der Waals surface area contributed by atoms with Crippen molar-refractivity contribution in [1.29, 1.82) is 0 Å². The summed E-state index contributed by atoms with van der Waals surface area (Å²) >= 11 is 12.0. The van der Waals surface area contributed by atoms with Gasteiger partial charge in [0.15, 0.2) is 11.5 Å². The molecule has 0 spiro atoms. The number of methoxy groups -OCH3 is 2. The Hall–Kier alpha value is -2.64. The molecule has 0 aliphatic heterocycles. The van der Waals surface area contributed by atoms with Crippen molar-refractivity contribution >= 4 is 51.6 Å². The van der Waals surface area contributed by atoms with Gasteiger partial charge in [0.05, 0.1) is 25.3 Å². The molecule has 2 N–H and O–H groups in total. The largest absolute Gasteiger partial charge is 0.493 e. The van der Waals surface area contributed by atoms with Gasteiger partial charge in [-0.15, -0.1) is 0 Å². The van der Waals surface area contributed by atoms with Crippen molar-refractivity contribution in [3.8, 4) is 11.5 Å². The van der Waals surface area contributed by atoms with Gasteiger partial charge in [0.2, 0.25) is 5.95 Å². The van der Waals surface area contributed by atoms with Gasteiger partial charge in [0, 0.05) is 27.9 Å². The smallest absolute Gasteiger partial charge is 0.253 e. The van der Waals surface area contributed by atoms with Crippen molar-refractivity contribution in [2.24, 2.45) is 0 Å². The molecule has 4 aromatic rings. The van der Waals surface area contributed by atoms with Gasteiger partial charge in [-0.2, -0.15) is 4.98 Å². The number of rotatable bonds is 4. The molecule has 0 amide bonds. The molecule has 4 rings (SSSR count). The number of aromatic nitrogens is 4. The number of hydrogen-bond donors (Lipinski definition) is 2. The fourth-order valence-electron chi connectivity index (χ4n) is 2.63. The van der Waals surface area contributed by atoms with Gasteiger partial charge in [0.25, 0.3) is 5.78 Å². The second kappa shape index (κ2) is 6.02. The van der Waals surface area contributed by atoms with Gasteiger partial charge in [-0.3, -0.25) is 5.10 Å². The van der Waals surface area contributed by atoms with Crippen LogP contribution >= 0.6 is 23.2 Å². The average Bonchev–Trinajstić information content (AvgIpc) is 3.09. The van der Waals surface area contributed by atoms with Gasteiger partial charge < -0.3 is 14.8 Å². The topological polar surface area (TPSA) is 76.5 Å². The Bertz CT molecular complexity index is 1070. The van der Waals surface area contributed by atoms with Crippen LogP contribution in [0, 0.1) is 0 Å². The second-order valence-corrected chi connectivity index (χ2v) is 6.17. The first-order chi connectivity index (χ1) is 12.1. The van der Waals surface area contributed by atoms with Crippen LogP contribution in [-0.2, 0) is 0 Å². The number of halogens is 2. The summed E-state index contributed by atoms with van der Waals surface area (Å²) in [6.45, 7) is 0. The SMILES string of the molecule is COc1cc2nc3nc(Nc4cc(Cl)cc(Cl)c4)[nH]n3c2cc1OC. The molecule has 2 heterocycles. The van der Waals surface area contributed by atoms with Crippen molar-refractivity contribution in [2.75, 3.05) is 19.5 Å². The van der Waals surface area contributed by atoms with Crippen LogP contribution in [0.5, 0.6) is 11.5 Å². The van der Waals surface area contributed by atoms with E-state index in [1.807, 2.05) is 6.07 Å². The van der Waals surface area contributed by atoms with E-state index in [9.17, 15) is 0 Å². The van der Waals surface area contributed by atoms with Crippen LogP contribution in [-0.4, -0.2) is 33.8 Å². The van der Waals surface area contributed by atoms with Crippen LogP contribution in [0.3, 0.4) is 0 Å². The maximum Gasteiger partial charge on any atom is 0.253 e. The summed E-state index contributed by atoms with van der Waals surface area (Å²) in [5, 5.41) is 7.34. The second-order valence-electron chi connectivity index (χ2n) is 5.30. The lowest BCUT2D eigenvalue weighted by Gasteiger charge is -2.07. The first kappa shape index (κ1) is 15.9. The summed E-state index contributed by atoms with van der Waals surface area (Å²) in [6.07, 6.45) is 0. The minimum atomic E-state index is 0.512. The predicted octanol–water partition coefficient (Wildman–Crippen LogP) is 4.28. The third-order valence-corrected chi connectivity index (χ3v) is 4.13. The molecule has 25 heavy (non-hydrogen) atoms. The number of H-pyrrole nitrogens is 1. The zero-order valence-electron chi connectivity index (χ0n) is 13.3. The molecule has 0 saturated heterocycles. The average molecular weight is 378 g/mol. The Morgan fingerprint density at radius 2 is 1.64 bits per heavy atom. The summed E-state index contributed by atoms with van der Waals surface area (Å²) in [7, 11) is 3.17. The summed E-state index contributed by atoms with van der Waals surface area (Å²) in [4.78, 5) is 8.92. The lowest BCUT2D eigenvalue weighted by molar-refractivity contribution is 0.355. The summed E-state index contributed by atoms with van der Waals surface area (Å²) in [5.41, 5.74) is 2.28. The molecular formula is C16H13Cl2N5O2. The highest BCUT2D eigenvalue weighted by atomic mass is 35.5. The predicted molar refractivity (Wildman–Crippen MR) is 97.7 cm³/mol. The van der Waals surface area contributed by atoms with Gasteiger partial charge in [-0.25, -0.2) is 9.50 Å². The van der Waals surface area contributed by atoms with Crippen LogP contribution < -0.4 is 14.8 Å². The van der Waals surface area contributed by atoms with E-state index in [1.165, 1.54) is 0 Å². The van der Waals surface area contributed by atoms with Gasteiger partial charge in [-0.1, -0.05) is 23.2 Å². The number of imidazole rings is 1. The number of nitrogens with zero attached hydrogens (tertiary/aromatic N) is 3. The summed E-state index contributed by atoms with van der Waals surface area (Å²) in [5.74, 6) is 2.25. The van der Waals surface area contributed by atoms with Crippen LogP contribution in [0.2, 0.25) is 10.0 Å². The van der Waals surface area contributed by atoms with E-state index in [0.29, 0.717) is 33.3 Å². The summed E-state index contributed by atoms with van der Waals surface area (Å²) < 4.78 is 12.4. The molecule has 0 fully saturated rings. The zero-order valence-corrected chi connectivity index (χ0v) is 14.8. The van der Waals surface area contributed by atoms with E-state index in [1.54, 1.807) is 43.0 Å². The zero-order chi connectivity index (χ0) is 17.6. The molecule has 128 valence electrons. The lowest BCUT2D eigenvalue weighted by atomic mass is 10.3. The van der Waals surface area contributed by atoms with Gasteiger partial charge >= 0.3 is 0 Å². The maximum absolute atomic E-state index is 6.02. The number of hydrogen-bond acceptors (Lipinski definition) is 5. The van der Waals surface area contributed by atoms with Crippen molar-refractivity contribution in [3.63, 3.8) is 0 Å². The molecule has 0 radical (unpaired) electrons. The first-order valence-corrected chi connectivity index (χ1v) is 8.06. The Balaban J connectivity index is 1.77. The third kappa shape index (κ3) is 2.81. The van der Waals surface area contributed by atoms with Crippen LogP contribution in [0.1, 0.15) is 0 Å². The highest BCUT2D eigenvalue weighted by Crippen LogP contribution is 2.32. The Morgan fingerprint density at radius 1 is 0.960 bits per heavy atom. The van der Waals surface area contributed by atoms with Crippen LogP contribution in [0.15, 0.2) is 30.3 Å². The molecule has 2 aromatic carbocycles. The van der Waals surface area contributed by atoms with E-state index in [0.717, 1.165) is 16.7 Å². The van der Waals surface area contributed by atoms with Gasteiger partial charge in [0.1, 0.15) is 0 Å². The molecule has 2 aromatic heterocycles. The quantitative estimate of drug-likeness (QED) is 0.554. The van der Waals surface area contributed by atoms with Crippen molar-refractivity contribution < 1.29 is 9.47 Å². The van der Waals surface area contributed by atoms with Crippen molar-refractivity contribution in [2.45, 2.75) is 0 Å². The van der Waals surface area contributed by atoms with E-state index in [4.69, 9.17) is 32.7 Å². The Labute approximate surface area is 152 Å². The molecule has 0 atom stereocenters. The molecule has 0 aliphatic rings. The molecule has 0 bridgehead atoms. The van der Waals surface area contributed by atoms with Crippen LogP contribution in [0.25, 0.3) is 16.8 Å². The summed E-state index contributed by atoms with van der Waals surface area (Å²) in [6, 6.07) is 8.82. The minimum Gasteiger partial charge on any atom is -0.493 e. The normalized spacial score (nSPS) is 11.2. The Kier molecular flexibility index (Phi) is 3.82. The molecular weight excluding hydrogens is 365 g/mol. The maximum atomic E-state index is 6.02. The van der Waals surface area contributed by atoms with Gasteiger partial charge in [-0.05, 0) is 18.2 Å². The first-order valence-electron chi connectivity index (χ1n) is 7.30. The highest BCUT2D eigenvalue weighted by Gasteiger charge is 2.14. The number of benzene rings is 2. The number of aromatic amines is 1.